The second-order valence-corrected chi connectivity index (χ2v) is 6.31. The van der Waals surface area contributed by atoms with Crippen molar-refractivity contribution in [3.63, 3.8) is 0 Å². The quantitative estimate of drug-likeness (QED) is 0.745. The Labute approximate surface area is 134 Å². The second kappa shape index (κ2) is 5.12. The minimum Gasteiger partial charge on any atom is -0.506 e. The highest BCUT2D eigenvalue weighted by atomic mass is 16.3. The third-order valence-corrected chi connectivity index (χ3v) is 4.17. The number of phenols is 1. The molecule has 1 aliphatic heterocycles. The third-order valence-electron chi connectivity index (χ3n) is 4.17. The van der Waals surface area contributed by atoms with Crippen LogP contribution in [-0.2, 0) is 10.2 Å². The standard InChI is InChI=1S/C18H18N2O3/c1-10-4-7-15(21)14(8-10)19-16(22)11-5-6-12-13(9-11)20-17(23)18(12,2)3/h4-9,21H,1-3H3,(H,19,22)(H,20,23). The zero-order valence-electron chi connectivity index (χ0n) is 13.2. The summed E-state index contributed by atoms with van der Waals surface area (Å²) >= 11 is 0. The summed E-state index contributed by atoms with van der Waals surface area (Å²) in [5.41, 5.74) is 2.64. The van der Waals surface area contributed by atoms with Gasteiger partial charge in [0.25, 0.3) is 5.91 Å². The summed E-state index contributed by atoms with van der Waals surface area (Å²) < 4.78 is 0. The molecule has 0 aromatic heterocycles. The van der Waals surface area contributed by atoms with Crippen molar-refractivity contribution in [2.24, 2.45) is 0 Å². The minimum absolute atomic E-state index is 0.0135. The lowest BCUT2D eigenvalue weighted by molar-refractivity contribution is -0.119. The molecule has 2 aromatic rings. The lowest BCUT2D eigenvalue weighted by Crippen LogP contribution is -2.26. The summed E-state index contributed by atoms with van der Waals surface area (Å²) in [6, 6.07) is 10.1. The zero-order chi connectivity index (χ0) is 16.8. The number of hydrogen-bond acceptors (Lipinski definition) is 3. The predicted octanol–water partition coefficient (Wildman–Crippen LogP) is 3.18. The molecule has 0 unspecified atom stereocenters. The maximum atomic E-state index is 12.4. The molecule has 2 aromatic carbocycles. The number of carbonyl (C=O) groups excluding carboxylic acids is 2. The van der Waals surface area contributed by atoms with Crippen molar-refractivity contribution >= 4 is 23.2 Å². The fourth-order valence-electron chi connectivity index (χ4n) is 2.68. The molecule has 3 rings (SSSR count). The van der Waals surface area contributed by atoms with Crippen molar-refractivity contribution in [1.82, 2.24) is 0 Å². The normalized spacial score (nSPS) is 15.0. The molecule has 3 N–H and O–H groups in total. The number of anilines is 2. The monoisotopic (exact) mass is 310 g/mol. The number of hydrogen-bond donors (Lipinski definition) is 3. The van der Waals surface area contributed by atoms with Gasteiger partial charge in [0.1, 0.15) is 5.75 Å². The van der Waals surface area contributed by atoms with E-state index in [1.807, 2.05) is 20.8 Å². The van der Waals surface area contributed by atoms with E-state index in [4.69, 9.17) is 0 Å². The van der Waals surface area contributed by atoms with Crippen LogP contribution in [-0.4, -0.2) is 16.9 Å². The summed E-state index contributed by atoms with van der Waals surface area (Å²) in [5.74, 6) is -0.409. The first-order valence-electron chi connectivity index (χ1n) is 7.36. The number of rotatable bonds is 2. The second-order valence-electron chi connectivity index (χ2n) is 6.31. The van der Waals surface area contributed by atoms with Crippen LogP contribution < -0.4 is 10.6 Å². The van der Waals surface area contributed by atoms with E-state index >= 15 is 0 Å². The molecule has 2 amide bonds. The fraction of sp³-hybridized carbons (Fsp3) is 0.222. The molecule has 0 radical (unpaired) electrons. The fourth-order valence-corrected chi connectivity index (χ4v) is 2.68. The number of benzene rings is 2. The number of phenolic OH excluding ortho intramolecular Hbond substituents is 1. The Morgan fingerprint density at radius 1 is 1.17 bits per heavy atom. The van der Waals surface area contributed by atoms with E-state index in [0.29, 0.717) is 16.9 Å². The average Bonchev–Trinajstić information content (AvgIpc) is 2.72. The third kappa shape index (κ3) is 2.54. The maximum Gasteiger partial charge on any atom is 0.255 e. The zero-order valence-corrected chi connectivity index (χ0v) is 13.2. The predicted molar refractivity (Wildman–Crippen MR) is 88.9 cm³/mol. The van der Waals surface area contributed by atoms with Gasteiger partial charge in [0, 0.05) is 11.3 Å². The van der Waals surface area contributed by atoms with E-state index in [0.717, 1.165) is 11.1 Å². The molecule has 0 fully saturated rings. The van der Waals surface area contributed by atoms with Gasteiger partial charge in [-0.1, -0.05) is 12.1 Å². The molecule has 0 saturated carbocycles. The number of nitrogens with one attached hydrogen (secondary N) is 2. The molecule has 5 nitrogen and oxygen atoms in total. The van der Waals surface area contributed by atoms with Crippen LogP contribution in [0.3, 0.4) is 0 Å². The first kappa shape index (κ1) is 15.1. The van der Waals surface area contributed by atoms with Crippen LogP contribution in [0.5, 0.6) is 5.75 Å². The first-order chi connectivity index (χ1) is 10.8. The van der Waals surface area contributed by atoms with E-state index in [1.165, 1.54) is 6.07 Å². The van der Waals surface area contributed by atoms with Crippen molar-refractivity contribution < 1.29 is 14.7 Å². The van der Waals surface area contributed by atoms with Crippen molar-refractivity contribution in [3.8, 4) is 5.75 Å². The summed E-state index contributed by atoms with van der Waals surface area (Å²) in [4.78, 5) is 24.3. The first-order valence-corrected chi connectivity index (χ1v) is 7.36. The smallest absolute Gasteiger partial charge is 0.255 e. The number of aromatic hydroxyl groups is 1. The number of carbonyl (C=O) groups is 2. The lowest BCUT2D eigenvalue weighted by atomic mass is 9.86. The number of aryl methyl sites for hydroxylation is 1. The molecule has 0 atom stereocenters. The summed E-state index contributed by atoms with van der Waals surface area (Å²) in [6.45, 7) is 5.57. The topological polar surface area (TPSA) is 78.4 Å². The highest BCUT2D eigenvalue weighted by molar-refractivity contribution is 6.09. The molecule has 23 heavy (non-hydrogen) atoms. The van der Waals surface area contributed by atoms with Gasteiger partial charge in [-0.25, -0.2) is 0 Å². The van der Waals surface area contributed by atoms with Crippen molar-refractivity contribution in [1.29, 1.82) is 0 Å². The summed E-state index contributed by atoms with van der Waals surface area (Å²) in [5, 5.41) is 15.3. The Kier molecular flexibility index (Phi) is 3.36. The van der Waals surface area contributed by atoms with Crippen LogP contribution in [0.4, 0.5) is 11.4 Å². The van der Waals surface area contributed by atoms with Gasteiger partial charge in [-0.15, -0.1) is 0 Å². The molecular formula is C18H18N2O3. The molecule has 0 saturated heterocycles. The lowest BCUT2D eigenvalue weighted by Gasteiger charge is -2.15. The molecule has 0 aliphatic carbocycles. The van der Waals surface area contributed by atoms with Gasteiger partial charge in [-0.3, -0.25) is 9.59 Å². The van der Waals surface area contributed by atoms with Crippen molar-refractivity contribution in [2.45, 2.75) is 26.2 Å². The molecule has 0 spiro atoms. The van der Waals surface area contributed by atoms with Crippen LogP contribution in [0, 0.1) is 6.92 Å². The van der Waals surface area contributed by atoms with E-state index in [1.54, 1.807) is 30.3 Å². The van der Waals surface area contributed by atoms with Crippen molar-refractivity contribution in [3.05, 3.63) is 53.1 Å². The highest BCUT2D eigenvalue weighted by Gasteiger charge is 2.38. The molecule has 5 heteroatoms. The SMILES string of the molecule is Cc1ccc(O)c(NC(=O)c2ccc3c(c2)NC(=O)C3(C)C)c1. The summed E-state index contributed by atoms with van der Waals surface area (Å²) in [6.07, 6.45) is 0. The van der Waals surface area contributed by atoms with Crippen LogP contribution in [0.15, 0.2) is 36.4 Å². The van der Waals surface area contributed by atoms with E-state index in [-0.39, 0.29) is 17.6 Å². The Hall–Kier alpha value is -2.82. The van der Waals surface area contributed by atoms with Gasteiger partial charge in [0.15, 0.2) is 0 Å². The number of fused-ring (bicyclic) bond motifs is 1. The Morgan fingerprint density at radius 2 is 1.91 bits per heavy atom. The van der Waals surface area contributed by atoms with Gasteiger partial charge in [0.2, 0.25) is 5.91 Å². The van der Waals surface area contributed by atoms with E-state index in [9.17, 15) is 14.7 Å². The molecule has 0 bridgehead atoms. The molecule has 1 aliphatic rings. The van der Waals surface area contributed by atoms with E-state index in [2.05, 4.69) is 10.6 Å². The molecule has 1 heterocycles. The van der Waals surface area contributed by atoms with Crippen LogP contribution >= 0.6 is 0 Å². The average molecular weight is 310 g/mol. The summed E-state index contributed by atoms with van der Waals surface area (Å²) in [7, 11) is 0. The van der Waals surface area contributed by atoms with Crippen LogP contribution in [0.25, 0.3) is 0 Å². The van der Waals surface area contributed by atoms with Crippen LogP contribution in [0.1, 0.15) is 35.3 Å². The Bertz CT molecular complexity index is 825. The largest absolute Gasteiger partial charge is 0.506 e. The van der Waals surface area contributed by atoms with Gasteiger partial charge < -0.3 is 15.7 Å². The van der Waals surface area contributed by atoms with E-state index < -0.39 is 5.41 Å². The van der Waals surface area contributed by atoms with Crippen molar-refractivity contribution in [2.75, 3.05) is 10.6 Å². The van der Waals surface area contributed by atoms with Gasteiger partial charge >= 0.3 is 0 Å². The van der Waals surface area contributed by atoms with Gasteiger partial charge in [0.05, 0.1) is 11.1 Å². The van der Waals surface area contributed by atoms with Gasteiger partial charge in [-0.2, -0.15) is 0 Å². The Balaban J connectivity index is 1.89. The van der Waals surface area contributed by atoms with Crippen LogP contribution in [0.2, 0.25) is 0 Å². The Morgan fingerprint density at radius 3 is 2.65 bits per heavy atom. The van der Waals surface area contributed by atoms with Gasteiger partial charge in [-0.05, 0) is 56.2 Å². The highest BCUT2D eigenvalue weighted by Crippen LogP contribution is 2.37. The molecule has 118 valence electrons. The minimum atomic E-state index is -0.598. The maximum absolute atomic E-state index is 12.4. The molecular weight excluding hydrogens is 292 g/mol. The number of amides is 2.